The lowest BCUT2D eigenvalue weighted by Crippen LogP contribution is -2.57. The van der Waals surface area contributed by atoms with Crippen LogP contribution in [0.3, 0.4) is 0 Å². The SMILES string of the molecule is CCC1CC(C)C(CC)C(CC)(C(C)C)C(C)[C@H]2C1N1C/C1=C/C(C)C(C)(CC)C(C(C)C)C(CC)C(C)CC2(C)C. The van der Waals surface area contributed by atoms with Crippen LogP contribution >= 0.6 is 0 Å². The van der Waals surface area contributed by atoms with Gasteiger partial charge in [-0.1, -0.05) is 136 Å². The van der Waals surface area contributed by atoms with Crippen molar-refractivity contribution in [2.24, 2.45) is 81.3 Å². The van der Waals surface area contributed by atoms with Crippen LogP contribution in [0.5, 0.6) is 0 Å². The van der Waals surface area contributed by atoms with Crippen LogP contribution in [0, 0.1) is 81.3 Å². The monoisotopic (exact) mass is 584 g/mol. The molecule has 1 saturated heterocycles. The second-order valence-corrected chi connectivity index (χ2v) is 17.8. The first-order valence-electron chi connectivity index (χ1n) is 19.0. The third-order valence-electron chi connectivity index (χ3n) is 15.0. The molecule has 0 aromatic carbocycles. The molecule has 0 aromatic heterocycles. The number of nitrogens with zero attached hydrogens (tertiary/aromatic N) is 1. The minimum absolute atomic E-state index is 0.293. The van der Waals surface area contributed by atoms with E-state index in [0.29, 0.717) is 51.9 Å². The smallest absolute Gasteiger partial charge is 0.0576 e. The third kappa shape index (κ3) is 6.05. The van der Waals surface area contributed by atoms with Gasteiger partial charge in [-0.05, 0) is 107 Å². The average molecular weight is 584 g/mol. The average Bonchev–Trinajstić information content (AvgIpc) is 3.67. The van der Waals surface area contributed by atoms with E-state index >= 15 is 0 Å². The predicted octanol–water partition coefficient (Wildman–Crippen LogP) is 12.4. The highest BCUT2D eigenvalue weighted by atomic mass is 15.3. The van der Waals surface area contributed by atoms with Crippen molar-refractivity contribution in [3.63, 3.8) is 0 Å². The molecule has 1 heteroatoms. The van der Waals surface area contributed by atoms with Gasteiger partial charge in [-0.3, -0.25) is 0 Å². The highest BCUT2D eigenvalue weighted by molar-refractivity contribution is 5.25. The Bertz CT molecular complexity index is 897. The third-order valence-corrected chi connectivity index (χ3v) is 15.0. The van der Waals surface area contributed by atoms with E-state index in [1.165, 1.54) is 51.5 Å². The number of rotatable bonds is 7. The maximum absolute atomic E-state index is 2.97. The molecular weight excluding hydrogens is 506 g/mol. The molecule has 0 radical (unpaired) electrons. The van der Waals surface area contributed by atoms with E-state index in [2.05, 4.69) is 122 Å². The summed E-state index contributed by atoms with van der Waals surface area (Å²) in [6.07, 6.45) is 12.1. The van der Waals surface area contributed by atoms with Crippen LogP contribution in [0.25, 0.3) is 0 Å². The molecule has 3 aliphatic rings. The van der Waals surface area contributed by atoms with Crippen molar-refractivity contribution in [1.29, 1.82) is 0 Å². The van der Waals surface area contributed by atoms with Crippen LogP contribution in [-0.4, -0.2) is 17.5 Å². The second-order valence-electron chi connectivity index (χ2n) is 17.8. The van der Waals surface area contributed by atoms with Gasteiger partial charge in [0.1, 0.15) is 0 Å². The van der Waals surface area contributed by atoms with Gasteiger partial charge in [0.2, 0.25) is 0 Å². The lowest BCUT2D eigenvalue weighted by molar-refractivity contribution is -0.115. The highest BCUT2D eigenvalue weighted by Gasteiger charge is 2.59. The minimum Gasteiger partial charge on any atom is -0.364 e. The first-order chi connectivity index (χ1) is 19.5. The van der Waals surface area contributed by atoms with Gasteiger partial charge >= 0.3 is 0 Å². The zero-order valence-corrected chi connectivity index (χ0v) is 31.6. The molecule has 1 nitrogen and oxygen atoms in total. The normalized spacial score (nSPS) is 46.0. The van der Waals surface area contributed by atoms with Gasteiger partial charge in [-0.15, -0.1) is 0 Å². The van der Waals surface area contributed by atoms with E-state index in [1.807, 2.05) is 0 Å². The van der Waals surface area contributed by atoms with E-state index in [1.54, 1.807) is 5.70 Å². The van der Waals surface area contributed by atoms with Crippen LogP contribution in [0.1, 0.15) is 156 Å². The Kier molecular flexibility index (Phi) is 11.6. The molecule has 0 amide bonds. The Labute approximate surface area is 265 Å². The minimum atomic E-state index is 0.293. The van der Waals surface area contributed by atoms with Crippen molar-refractivity contribution in [1.82, 2.24) is 4.90 Å². The summed E-state index contributed by atoms with van der Waals surface area (Å²) in [5, 5.41) is 0. The van der Waals surface area contributed by atoms with E-state index in [0.717, 1.165) is 35.5 Å². The molecule has 11 unspecified atom stereocenters. The molecule has 0 N–H and O–H groups in total. The Morgan fingerprint density at radius 1 is 0.833 bits per heavy atom. The Hall–Kier alpha value is -0.460. The predicted molar refractivity (Wildman–Crippen MR) is 187 cm³/mol. The van der Waals surface area contributed by atoms with Crippen LogP contribution in [0.2, 0.25) is 0 Å². The molecule has 0 aromatic rings. The molecule has 42 heavy (non-hydrogen) atoms. The van der Waals surface area contributed by atoms with Gasteiger partial charge in [-0.2, -0.15) is 0 Å². The van der Waals surface area contributed by atoms with Crippen molar-refractivity contribution in [3.05, 3.63) is 11.8 Å². The fraction of sp³-hybridized carbons (Fsp3) is 0.951. The molecule has 12 atom stereocenters. The van der Waals surface area contributed by atoms with Gasteiger partial charge in [-0.25, -0.2) is 0 Å². The number of hydrogen-bond acceptors (Lipinski definition) is 1. The van der Waals surface area contributed by atoms with Crippen molar-refractivity contribution in [2.45, 2.75) is 162 Å². The highest BCUT2D eigenvalue weighted by Crippen LogP contribution is 2.62. The van der Waals surface area contributed by atoms with E-state index < -0.39 is 0 Å². The lowest BCUT2D eigenvalue weighted by Gasteiger charge is -2.60. The fourth-order valence-corrected chi connectivity index (χ4v) is 13.1. The Morgan fingerprint density at radius 2 is 1.45 bits per heavy atom. The van der Waals surface area contributed by atoms with Crippen LogP contribution in [-0.2, 0) is 0 Å². The lowest BCUT2D eigenvalue weighted by atomic mass is 9.46. The maximum atomic E-state index is 2.97. The molecule has 246 valence electrons. The van der Waals surface area contributed by atoms with E-state index in [9.17, 15) is 0 Å². The van der Waals surface area contributed by atoms with Gasteiger partial charge in [0.25, 0.3) is 0 Å². The largest absolute Gasteiger partial charge is 0.364 e. The van der Waals surface area contributed by atoms with Crippen molar-refractivity contribution >= 4 is 0 Å². The number of allylic oxidation sites excluding steroid dienone is 1. The standard InChI is InChI=1S/C41H77N/c1-17-32-22-28(10)35(19-3)41(21-5,27(8)9)31(13)37-38(32)42-25-33(42)23-30(12)40(16,20-4)36(26(6)7)34(18-2)29(11)24-39(37,14)15/h23,26-32,34-38H,17-22,24-25H2,1-16H3/b33-23-/t28?,29?,30?,31?,32?,34?,35?,36?,37-,38?,40?,41?,42?/m0/s1. The van der Waals surface area contributed by atoms with Crippen LogP contribution in [0.4, 0.5) is 0 Å². The van der Waals surface area contributed by atoms with Gasteiger partial charge in [0, 0.05) is 11.7 Å². The fourth-order valence-electron chi connectivity index (χ4n) is 13.1. The van der Waals surface area contributed by atoms with Gasteiger partial charge < -0.3 is 4.90 Å². The quantitative estimate of drug-likeness (QED) is 0.269. The summed E-state index contributed by atoms with van der Waals surface area (Å²) in [5.74, 6) is 8.10. The number of fused-ring (bicyclic) bond motifs is 3. The summed E-state index contributed by atoms with van der Waals surface area (Å²) in [5.41, 5.74) is 2.71. The Morgan fingerprint density at radius 3 is 1.90 bits per heavy atom. The maximum Gasteiger partial charge on any atom is 0.0576 e. The van der Waals surface area contributed by atoms with Crippen LogP contribution < -0.4 is 0 Å². The summed E-state index contributed by atoms with van der Waals surface area (Å²) >= 11 is 0. The summed E-state index contributed by atoms with van der Waals surface area (Å²) < 4.78 is 0. The molecule has 0 spiro atoms. The second kappa shape index (κ2) is 13.5. The molecule has 2 heterocycles. The zero-order valence-electron chi connectivity index (χ0n) is 31.6. The molecule has 0 bridgehead atoms. The van der Waals surface area contributed by atoms with Crippen molar-refractivity contribution in [2.75, 3.05) is 6.54 Å². The molecule has 2 aliphatic heterocycles. The summed E-state index contributed by atoms with van der Waals surface area (Å²) in [4.78, 5) is 2.97. The summed E-state index contributed by atoms with van der Waals surface area (Å²) in [6.45, 7) is 42.8. The zero-order chi connectivity index (χ0) is 31.9. The molecule has 2 fully saturated rings. The molecule has 1 saturated carbocycles. The van der Waals surface area contributed by atoms with Gasteiger partial charge in [0.05, 0.1) is 6.54 Å². The van der Waals surface area contributed by atoms with Crippen molar-refractivity contribution < 1.29 is 0 Å². The molecular formula is C41H77N. The Balaban J connectivity index is 2.33. The first-order valence-corrected chi connectivity index (χ1v) is 19.0. The molecule has 1 aliphatic carbocycles. The van der Waals surface area contributed by atoms with E-state index in [4.69, 9.17) is 0 Å². The number of hydrogen-bond donors (Lipinski definition) is 0. The first kappa shape index (κ1) is 36.0. The van der Waals surface area contributed by atoms with Gasteiger partial charge in [0.15, 0.2) is 0 Å². The van der Waals surface area contributed by atoms with Crippen molar-refractivity contribution in [3.8, 4) is 0 Å². The topological polar surface area (TPSA) is 3.01 Å². The summed E-state index contributed by atoms with van der Waals surface area (Å²) in [6, 6.07) is 0.670. The van der Waals surface area contributed by atoms with Crippen LogP contribution in [0.15, 0.2) is 11.8 Å². The molecule has 3 rings (SSSR count). The summed E-state index contributed by atoms with van der Waals surface area (Å²) in [7, 11) is 0. The van der Waals surface area contributed by atoms with E-state index in [-0.39, 0.29) is 0 Å².